The number of likely N-dealkylation sites (tertiary alicyclic amines) is 1. The van der Waals surface area contributed by atoms with E-state index in [1.165, 1.54) is 38.9 Å². The fourth-order valence-electron chi connectivity index (χ4n) is 6.67. The predicted molar refractivity (Wildman–Crippen MR) is 157 cm³/mol. The summed E-state index contributed by atoms with van der Waals surface area (Å²) in [7, 11) is -6.71. The summed E-state index contributed by atoms with van der Waals surface area (Å²) in [6.07, 6.45) is 8.92. The van der Waals surface area contributed by atoms with E-state index in [1.54, 1.807) is 8.61 Å². The van der Waals surface area contributed by atoms with E-state index in [0.29, 0.717) is 49.3 Å². The van der Waals surface area contributed by atoms with Gasteiger partial charge in [0.15, 0.2) is 0 Å². The Balaban J connectivity index is 0.00000400. The molecule has 3 heterocycles. The van der Waals surface area contributed by atoms with E-state index in [9.17, 15) is 16.8 Å². The quantitative estimate of drug-likeness (QED) is 0.394. The topological polar surface area (TPSA) is 78.0 Å². The van der Waals surface area contributed by atoms with Crippen molar-refractivity contribution in [3.63, 3.8) is 0 Å². The molecular weight excluding hydrogens is 542 g/mol. The van der Waals surface area contributed by atoms with Gasteiger partial charge >= 0.3 is 0 Å². The Labute approximate surface area is 237 Å². The van der Waals surface area contributed by atoms with Crippen molar-refractivity contribution in [2.75, 3.05) is 51.6 Å². The van der Waals surface area contributed by atoms with E-state index >= 15 is 0 Å². The Hall–Kier alpha value is -0.710. The molecule has 7 nitrogen and oxygen atoms in total. The van der Waals surface area contributed by atoms with Gasteiger partial charge in [0.1, 0.15) is 0 Å². The van der Waals surface area contributed by atoms with Crippen LogP contribution >= 0.6 is 12.4 Å². The first-order valence-electron chi connectivity index (χ1n) is 14.3. The second kappa shape index (κ2) is 13.8. The molecule has 38 heavy (non-hydrogen) atoms. The molecule has 0 aromatic heterocycles. The van der Waals surface area contributed by atoms with Crippen LogP contribution < -0.4 is 0 Å². The van der Waals surface area contributed by atoms with Crippen LogP contribution in [-0.4, -0.2) is 81.9 Å². The van der Waals surface area contributed by atoms with E-state index < -0.39 is 20.0 Å². The molecule has 3 saturated heterocycles. The van der Waals surface area contributed by atoms with Crippen molar-refractivity contribution in [1.82, 2.24) is 13.5 Å². The summed E-state index contributed by atoms with van der Waals surface area (Å²) in [6.45, 7) is 11.7. The highest BCUT2D eigenvalue weighted by Gasteiger charge is 2.32. The molecule has 3 aliphatic heterocycles. The Morgan fingerprint density at radius 3 is 1.79 bits per heavy atom. The maximum absolute atomic E-state index is 13.3. The zero-order valence-corrected chi connectivity index (χ0v) is 26.0. The van der Waals surface area contributed by atoms with Crippen LogP contribution in [0.15, 0.2) is 17.0 Å². The molecule has 3 fully saturated rings. The van der Waals surface area contributed by atoms with E-state index in [0.717, 1.165) is 48.8 Å². The van der Waals surface area contributed by atoms with Gasteiger partial charge in [-0.1, -0.05) is 17.7 Å². The Morgan fingerprint density at radius 1 is 0.737 bits per heavy atom. The van der Waals surface area contributed by atoms with Crippen molar-refractivity contribution >= 4 is 32.5 Å². The zero-order chi connectivity index (χ0) is 26.6. The van der Waals surface area contributed by atoms with Crippen molar-refractivity contribution in [3.05, 3.63) is 28.8 Å². The van der Waals surface area contributed by atoms with Gasteiger partial charge < -0.3 is 4.90 Å². The summed E-state index contributed by atoms with van der Waals surface area (Å²) >= 11 is 0. The number of rotatable bonds is 10. The Bertz CT molecular complexity index is 1100. The number of hydrogen-bond acceptors (Lipinski definition) is 5. The molecule has 0 bridgehead atoms. The first-order chi connectivity index (χ1) is 17.6. The lowest BCUT2D eigenvalue weighted by Gasteiger charge is -2.33. The summed E-state index contributed by atoms with van der Waals surface area (Å²) in [4.78, 5) is 3.00. The molecule has 0 aliphatic carbocycles. The van der Waals surface area contributed by atoms with Gasteiger partial charge in [0.2, 0.25) is 20.0 Å². The largest absolute Gasteiger partial charge is 0.303 e. The maximum Gasteiger partial charge on any atom is 0.243 e. The van der Waals surface area contributed by atoms with Crippen LogP contribution in [0.5, 0.6) is 0 Å². The molecule has 218 valence electrons. The van der Waals surface area contributed by atoms with Crippen LogP contribution in [0.2, 0.25) is 0 Å². The number of nitrogens with zero attached hydrogens (tertiary/aromatic N) is 3. The summed E-state index contributed by atoms with van der Waals surface area (Å²) in [5, 5.41) is 0. The monoisotopic (exact) mass is 589 g/mol. The zero-order valence-electron chi connectivity index (χ0n) is 23.5. The Kier molecular flexibility index (Phi) is 11.5. The van der Waals surface area contributed by atoms with Crippen LogP contribution in [0.4, 0.5) is 0 Å². The van der Waals surface area contributed by atoms with Crippen LogP contribution in [0.1, 0.15) is 74.5 Å². The van der Waals surface area contributed by atoms with Crippen LogP contribution in [0.25, 0.3) is 0 Å². The van der Waals surface area contributed by atoms with Gasteiger partial charge in [0, 0.05) is 26.2 Å². The van der Waals surface area contributed by atoms with Gasteiger partial charge in [0.25, 0.3) is 0 Å². The minimum atomic E-state index is -3.51. The highest BCUT2D eigenvalue weighted by molar-refractivity contribution is 7.89. The lowest BCUT2D eigenvalue weighted by molar-refractivity contribution is 0.231. The van der Waals surface area contributed by atoms with Crippen LogP contribution in [-0.2, 0) is 20.0 Å². The van der Waals surface area contributed by atoms with E-state index in [1.807, 2.05) is 32.9 Å². The summed E-state index contributed by atoms with van der Waals surface area (Å²) in [5.74, 6) is 1.25. The van der Waals surface area contributed by atoms with Gasteiger partial charge in [-0.2, -0.15) is 4.31 Å². The second-order valence-electron chi connectivity index (χ2n) is 11.7. The fourth-order valence-corrected chi connectivity index (χ4v) is 10.1. The third kappa shape index (κ3) is 7.94. The SMILES string of the molecule is Cc1cc(C)c(S(=O)(=O)N2CCC(CCCS(=O)(=O)N3CCC(CCN4CCCC4)CC3)CC2)c(C)c1.Cl. The molecule has 3 aliphatic rings. The normalized spacial score (nSPS) is 21.6. The summed E-state index contributed by atoms with van der Waals surface area (Å²) in [5.41, 5.74) is 2.69. The number of piperidine rings is 2. The number of aryl methyl sites for hydroxylation is 3. The number of benzene rings is 1. The van der Waals surface area contributed by atoms with Crippen molar-refractivity contribution in [1.29, 1.82) is 0 Å². The van der Waals surface area contributed by atoms with Crippen LogP contribution in [0.3, 0.4) is 0 Å². The molecule has 0 atom stereocenters. The van der Waals surface area contributed by atoms with Gasteiger partial charge in [-0.3, -0.25) is 0 Å². The molecule has 4 rings (SSSR count). The molecule has 10 heteroatoms. The first kappa shape index (κ1) is 31.8. The minimum Gasteiger partial charge on any atom is -0.303 e. The highest BCUT2D eigenvalue weighted by atomic mass is 35.5. The number of sulfonamides is 2. The van der Waals surface area contributed by atoms with Crippen molar-refractivity contribution in [2.24, 2.45) is 11.8 Å². The number of hydrogen-bond donors (Lipinski definition) is 0. The van der Waals surface area contributed by atoms with Gasteiger partial charge in [-0.15, -0.1) is 12.4 Å². The maximum atomic E-state index is 13.3. The standard InChI is InChI=1S/C28H47N3O4S2.ClH/c1-23-21-24(2)28(25(3)22-23)37(34,35)31-18-11-26(12-19-31)7-6-20-36(32,33)30-16-9-27(10-17-30)8-15-29-13-4-5-14-29;/h21-22,26-27H,4-20H2,1-3H3;1H. The van der Waals surface area contributed by atoms with E-state index in [-0.39, 0.29) is 18.2 Å². The van der Waals surface area contributed by atoms with Crippen molar-refractivity contribution < 1.29 is 16.8 Å². The molecule has 0 amide bonds. The molecular formula is C28H48ClN3O4S2. The fraction of sp³-hybridized carbons (Fsp3) is 0.786. The van der Waals surface area contributed by atoms with Gasteiger partial charge in [-0.05, 0) is 121 Å². The molecule has 1 aromatic rings. The minimum absolute atomic E-state index is 0. The highest BCUT2D eigenvalue weighted by Crippen LogP contribution is 2.30. The first-order valence-corrected chi connectivity index (χ1v) is 17.4. The van der Waals surface area contributed by atoms with Crippen molar-refractivity contribution in [2.45, 2.75) is 83.5 Å². The van der Waals surface area contributed by atoms with E-state index in [2.05, 4.69) is 4.90 Å². The average molecular weight is 590 g/mol. The molecule has 0 N–H and O–H groups in total. The predicted octanol–water partition coefficient (Wildman–Crippen LogP) is 4.74. The average Bonchev–Trinajstić information content (AvgIpc) is 3.36. The van der Waals surface area contributed by atoms with Crippen LogP contribution in [0, 0.1) is 32.6 Å². The lowest BCUT2D eigenvalue weighted by atomic mass is 9.94. The van der Waals surface area contributed by atoms with Gasteiger partial charge in [0.05, 0.1) is 10.6 Å². The number of halogens is 1. The molecule has 0 unspecified atom stereocenters. The van der Waals surface area contributed by atoms with Gasteiger partial charge in [-0.25, -0.2) is 21.1 Å². The molecule has 0 saturated carbocycles. The third-order valence-electron chi connectivity index (χ3n) is 8.81. The lowest BCUT2D eigenvalue weighted by Crippen LogP contribution is -2.40. The second-order valence-corrected chi connectivity index (χ2v) is 15.7. The Morgan fingerprint density at radius 2 is 1.24 bits per heavy atom. The molecule has 0 radical (unpaired) electrons. The summed E-state index contributed by atoms with van der Waals surface area (Å²) < 4.78 is 55.9. The van der Waals surface area contributed by atoms with Crippen molar-refractivity contribution in [3.8, 4) is 0 Å². The smallest absolute Gasteiger partial charge is 0.243 e. The summed E-state index contributed by atoms with van der Waals surface area (Å²) in [6, 6.07) is 3.87. The molecule has 0 spiro atoms. The van der Waals surface area contributed by atoms with E-state index in [4.69, 9.17) is 0 Å². The third-order valence-corrected chi connectivity index (χ3v) is 13.0. The molecule has 1 aromatic carbocycles.